The lowest BCUT2D eigenvalue weighted by Gasteiger charge is -2.29. The molecule has 0 amide bonds. The van der Waals surface area contributed by atoms with Gasteiger partial charge < -0.3 is 4.90 Å². The first-order valence-corrected chi connectivity index (χ1v) is 4.75. The van der Waals surface area contributed by atoms with Crippen LogP contribution in [0.5, 0.6) is 0 Å². The van der Waals surface area contributed by atoms with E-state index in [1.165, 1.54) is 38.9 Å². The summed E-state index contributed by atoms with van der Waals surface area (Å²) in [5.41, 5.74) is 0. The van der Waals surface area contributed by atoms with E-state index in [4.69, 9.17) is 0 Å². The van der Waals surface area contributed by atoms with E-state index in [-0.39, 0.29) is 0 Å². The molecule has 1 aliphatic rings. The summed E-state index contributed by atoms with van der Waals surface area (Å²) in [6.45, 7) is 6.05. The van der Waals surface area contributed by atoms with Crippen LogP contribution in [-0.4, -0.2) is 29.8 Å². The fourth-order valence-electron chi connectivity index (χ4n) is 1.46. The third-order valence-corrected chi connectivity index (χ3v) is 2.61. The van der Waals surface area contributed by atoms with E-state index >= 15 is 0 Å². The third-order valence-electron chi connectivity index (χ3n) is 2.10. The second kappa shape index (κ2) is 4.24. The van der Waals surface area contributed by atoms with E-state index in [9.17, 15) is 0 Å². The standard InChI is InChI=1S/C8H17NS/c1-2-5-9-6-3-8(10)4-7-9/h8,10H,2-7H2,1H3. The molecular weight excluding hydrogens is 142 g/mol. The molecule has 60 valence electrons. The monoisotopic (exact) mass is 159 g/mol. The van der Waals surface area contributed by atoms with Gasteiger partial charge in [-0.05, 0) is 38.9 Å². The van der Waals surface area contributed by atoms with Gasteiger partial charge in [0.1, 0.15) is 0 Å². The minimum atomic E-state index is 0.674. The molecule has 1 aliphatic heterocycles. The van der Waals surface area contributed by atoms with Gasteiger partial charge in [-0.1, -0.05) is 6.92 Å². The van der Waals surface area contributed by atoms with Crippen molar-refractivity contribution < 1.29 is 0 Å². The van der Waals surface area contributed by atoms with Gasteiger partial charge in [0, 0.05) is 5.25 Å². The highest BCUT2D eigenvalue weighted by molar-refractivity contribution is 7.80. The predicted octanol–water partition coefficient (Wildman–Crippen LogP) is 1.79. The Labute approximate surface area is 69.2 Å². The molecule has 2 heteroatoms. The van der Waals surface area contributed by atoms with Crippen molar-refractivity contribution in [2.24, 2.45) is 0 Å². The van der Waals surface area contributed by atoms with Crippen molar-refractivity contribution in [2.45, 2.75) is 31.4 Å². The van der Waals surface area contributed by atoms with Gasteiger partial charge in [-0.2, -0.15) is 12.6 Å². The Morgan fingerprint density at radius 2 is 2.00 bits per heavy atom. The van der Waals surface area contributed by atoms with Gasteiger partial charge in [-0.3, -0.25) is 0 Å². The van der Waals surface area contributed by atoms with Gasteiger partial charge in [-0.15, -0.1) is 0 Å². The zero-order valence-corrected chi connectivity index (χ0v) is 7.61. The van der Waals surface area contributed by atoms with E-state index in [0.717, 1.165) is 0 Å². The Hall–Kier alpha value is 0.310. The highest BCUT2D eigenvalue weighted by atomic mass is 32.1. The number of thiol groups is 1. The number of nitrogens with zero attached hydrogens (tertiary/aromatic N) is 1. The molecule has 0 N–H and O–H groups in total. The summed E-state index contributed by atoms with van der Waals surface area (Å²) in [7, 11) is 0. The van der Waals surface area contributed by atoms with Crippen LogP contribution in [-0.2, 0) is 0 Å². The number of likely N-dealkylation sites (tertiary alicyclic amines) is 1. The van der Waals surface area contributed by atoms with Gasteiger partial charge in [0.05, 0.1) is 0 Å². The Balaban J connectivity index is 2.13. The first-order chi connectivity index (χ1) is 4.83. The van der Waals surface area contributed by atoms with Crippen LogP contribution in [0.3, 0.4) is 0 Å². The average molecular weight is 159 g/mol. The first-order valence-electron chi connectivity index (χ1n) is 4.23. The van der Waals surface area contributed by atoms with Crippen LogP contribution in [0.2, 0.25) is 0 Å². The van der Waals surface area contributed by atoms with Crippen LogP contribution >= 0.6 is 12.6 Å². The zero-order valence-electron chi connectivity index (χ0n) is 6.71. The van der Waals surface area contributed by atoms with Crippen molar-refractivity contribution in [1.29, 1.82) is 0 Å². The molecule has 10 heavy (non-hydrogen) atoms. The molecule has 1 rings (SSSR count). The van der Waals surface area contributed by atoms with Gasteiger partial charge in [0.2, 0.25) is 0 Å². The summed E-state index contributed by atoms with van der Waals surface area (Å²) in [6.07, 6.45) is 3.85. The largest absolute Gasteiger partial charge is 0.303 e. The molecule has 1 heterocycles. The lowest BCUT2D eigenvalue weighted by Crippen LogP contribution is -2.34. The molecule has 0 aromatic rings. The highest BCUT2D eigenvalue weighted by Crippen LogP contribution is 2.14. The molecule has 0 aromatic heterocycles. The summed E-state index contributed by atoms with van der Waals surface area (Å²) in [5.74, 6) is 0. The molecule has 1 saturated heterocycles. The minimum Gasteiger partial charge on any atom is -0.303 e. The summed E-state index contributed by atoms with van der Waals surface area (Å²) in [6, 6.07) is 0. The minimum absolute atomic E-state index is 0.674. The number of piperidine rings is 1. The fourth-order valence-corrected chi connectivity index (χ4v) is 1.69. The van der Waals surface area contributed by atoms with Crippen LogP contribution in [0.25, 0.3) is 0 Å². The van der Waals surface area contributed by atoms with Crippen molar-refractivity contribution in [3.05, 3.63) is 0 Å². The van der Waals surface area contributed by atoms with Crippen molar-refractivity contribution in [3.8, 4) is 0 Å². The molecule has 0 spiro atoms. The van der Waals surface area contributed by atoms with Gasteiger partial charge in [0.25, 0.3) is 0 Å². The molecule has 0 aromatic carbocycles. The SMILES string of the molecule is CCCN1CCC(S)CC1. The lowest BCUT2D eigenvalue weighted by molar-refractivity contribution is 0.234. The zero-order chi connectivity index (χ0) is 7.40. The lowest BCUT2D eigenvalue weighted by atomic mass is 10.1. The van der Waals surface area contributed by atoms with E-state index < -0.39 is 0 Å². The average Bonchev–Trinajstić information content (AvgIpc) is 1.95. The molecule has 0 saturated carbocycles. The topological polar surface area (TPSA) is 3.24 Å². The maximum absolute atomic E-state index is 4.44. The number of rotatable bonds is 2. The van der Waals surface area contributed by atoms with Crippen molar-refractivity contribution in [2.75, 3.05) is 19.6 Å². The van der Waals surface area contributed by atoms with E-state index in [0.29, 0.717) is 5.25 Å². The van der Waals surface area contributed by atoms with E-state index in [2.05, 4.69) is 24.5 Å². The number of hydrogen-bond acceptors (Lipinski definition) is 2. The predicted molar refractivity (Wildman–Crippen MR) is 48.7 cm³/mol. The summed E-state index contributed by atoms with van der Waals surface area (Å²) >= 11 is 4.44. The quantitative estimate of drug-likeness (QED) is 0.601. The van der Waals surface area contributed by atoms with Crippen LogP contribution < -0.4 is 0 Å². The maximum atomic E-state index is 4.44. The van der Waals surface area contributed by atoms with Gasteiger partial charge in [0.15, 0.2) is 0 Å². The third kappa shape index (κ3) is 2.51. The van der Waals surface area contributed by atoms with Crippen molar-refractivity contribution in [1.82, 2.24) is 4.90 Å². The Morgan fingerprint density at radius 1 is 1.40 bits per heavy atom. The smallest absolute Gasteiger partial charge is 0.00411 e. The van der Waals surface area contributed by atoms with Crippen LogP contribution in [0.15, 0.2) is 0 Å². The van der Waals surface area contributed by atoms with Crippen LogP contribution in [0.1, 0.15) is 26.2 Å². The molecule has 0 aliphatic carbocycles. The Morgan fingerprint density at radius 3 is 2.50 bits per heavy atom. The molecule has 1 fully saturated rings. The Bertz CT molecular complexity index is 87.3. The molecular formula is C8H17NS. The van der Waals surface area contributed by atoms with E-state index in [1.807, 2.05) is 0 Å². The van der Waals surface area contributed by atoms with Crippen LogP contribution in [0.4, 0.5) is 0 Å². The number of hydrogen-bond donors (Lipinski definition) is 1. The van der Waals surface area contributed by atoms with Gasteiger partial charge in [-0.25, -0.2) is 0 Å². The Kier molecular flexibility index (Phi) is 3.57. The first kappa shape index (κ1) is 8.41. The molecule has 0 atom stereocenters. The summed E-state index contributed by atoms with van der Waals surface area (Å²) < 4.78 is 0. The molecule has 0 unspecified atom stereocenters. The maximum Gasteiger partial charge on any atom is 0.00411 e. The highest BCUT2D eigenvalue weighted by Gasteiger charge is 2.14. The summed E-state index contributed by atoms with van der Waals surface area (Å²) in [5, 5.41) is 0.674. The molecule has 0 radical (unpaired) electrons. The van der Waals surface area contributed by atoms with Crippen molar-refractivity contribution in [3.63, 3.8) is 0 Å². The normalized spacial score (nSPS) is 23.4. The van der Waals surface area contributed by atoms with Crippen LogP contribution in [0, 0.1) is 0 Å². The fraction of sp³-hybridized carbons (Fsp3) is 1.00. The van der Waals surface area contributed by atoms with E-state index in [1.54, 1.807) is 0 Å². The second-order valence-electron chi connectivity index (χ2n) is 3.07. The molecule has 1 nitrogen and oxygen atoms in total. The molecule has 0 bridgehead atoms. The van der Waals surface area contributed by atoms with Crippen molar-refractivity contribution >= 4 is 12.6 Å². The summed E-state index contributed by atoms with van der Waals surface area (Å²) in [4.78, 5) is 2.53. The second-order valence-corrected chi connectivity index (χ2v) is 3.80. The van der Waals surface area contributed by atoms with Gasteiger partial charge >= 0.3 is 0 Å².